The molecule has 1 aromatic heterocycles. The van der Waals surface area contributed by atoms with Crippen LogP contribution in [0.4, 0.5) is 4.79 Å². The van der Waals surface area contributed by atoms with E-state index in [9.17, 15) is 9.00 Å². The zero-order chi connectivity index (χ0) is 15.5. The summed E-state index contributed by atoms with van der Waals surface area (Å²) in [5.74, 6) is 0.413. The molecular formula is C15H22N2O3S. The Bertz CT molecular complexity index is 513. The molecule has 0 saturated carbocycles. The van der Waals surface area contributed by atoms with Gasteiger partial charge < -0.3 is 9.64 Å². The van der Waals surface area contributed by atoms with Crippen molar-refractivity contribution in [2.75, 3.05) is 12.3 Å². The fraction of sp³-hybridized carbons (Fsp3) is 0.600. The summed E-state index contributed by atoms with van der Waals surface area (Å²) in [7, 11) is -1.19. The van der Waals surface area contributed by atoms with Gasteiger partial charge in [0.2, 0.25) is 0 Å². The minimum Gasteiger partial charge on any atom is -0.444 e. The standard InChI is InChI=1S/C15H22N2O3S/c1-15(2,3)20-14(18)17-10-6-7-12(17)11-21(19)13-8-4-5-9-16-13/h4-5,8-9,12H,6-7,10-11H2,1-3H3/t12-,21-/m0/s1. The van der Waals surface area contributed by atoms with Gasteiger partial charge in [0.05, 0.1) is 16.6 Å². The Balaban J connectivity index is 1.99. The molecule has 2 heterocycles. The molecule has 116 valence electrons. The lowest BCUT2D eigenvalue weighted by Crippen LogP contribution is -2.42. The molecule has 0 unspecified atom stereocenters. The lowest BCUT2D eigenvalue weighted by Gasteiger charge is -2.28. The maximum atomic E-state index is 12.3. The second-order valence-electron chi connectivity index (χ2n) is 6.15. The second kappa shape index (κ2) is 6.56. The van der Waals surface area contributed by atoms with Crippen LogP contribution < -0.4 is 0 Å². The molecule has 0 aromatic carbocycles. The molecule has 1 fully saturated rings. The van der Waals surface area contributed by atoms with Gasteiger partial charge >= 0.3 is 6.09 Å². The fourth-order valence-electron chi connectivity index (χ4n) is 2.31. The Hall–Kier alpha value is -1.43. The molecule has 2 atom stereocenters. The number of ether oxygens (including phenoxy) is 1. The first-order chi connectivity index (χ1) is 9.87. The highest BCUT2D eigenvalue weighted by Gasteiger charge is 2.33. The zero-order valence-corrected chi connectivity index (χ0v) is 13.6. The van der Waals surface area contributed by atoms with E-state index in [4.69, 9.17) is 4.74 Å². The Kier molecular flexibility index (Phi) is 4.98. The molecule has 0 N–H and O–H groups in total. The number of carbonyl (C=O) groups excluding carboxylic acids is 1. The van der Waals surface area contributed by atoms with Gasteiger partial charge in [0, 0.05) is 18.8 Å². The number of aromatic nitrogens is 1. The molecule has 1 aromatic rings. The SMILES string of the molecule is CC(C)(C)OC(=O)N1CCC[C@H]1C[S@](=O)c1ccccn1. The van der Waals surface area contributed by atoms with E-state index in [1.807, 2.05) is 26.8 Å². The van der Waals surface area contributed by atoms with E-state index in [1.165, 1.54) is 0 Å². The molecule has 2 rings (SSSR count). The van der Waals surface area contributed by atoms with Crippen molar-refractivity contribution in [2.45, 2.75) is 50.3 Å². The number of nitrogens with zero attached hydrogens (tertiary/aromatic N) is 2. The van der Waals surface area contributed by atoms with E-state index in [-0.39, 0.29) is 12.1 Å². The van der Waals surface area contributed by atoms with Crippen LogP contribution in [0.2, 0.25) is 0 Å². The minimum atomic E-state index is -1.19. The largest absolute Gasteiger partial charge is 0.444 e. The number of hydrogen-bond donors (Lipinski definition) is 0. The third kappa shape index (κ3) is 4.52. The van der Waals surface area contributed by atoms with Crippen LogP contribution in [0, 0.1) is 0 Å². The summed E-state index contributed by atoms with van der Waals surface area (Å²) in [6.07, 6.45) is 3.09. The first-order valence-electron chi connectivity index (χ1n) is 7.16. The average Bonchev–Trinajstić information content (AvgIpc) is 2.86. The third-order valence-electron chi connectivity index (χ3n) is 3.22. The highest BCUT2D eigenvalue weighted by atomic mass is 32.2. The molecule has 1 aliphatic heterocycles. The van der Waals surface area contributed by atoms with Gasteiger partial charge in [-0.1, -0.05) is 6.07 Å². The van der Waals surface area contributed by atoms with Crippen LogP contribution in [0.15, 0.2) is 29.4 Å². The lowest BCUT2D eigenvalue weighted by molar-refractivity contribution is 0.0241. The molecule has 5 nitrogen and oxygen atoms in total. The summed E-state index contributed by atoms with van der Waals surface area (Å²) in [6.45, 7) is 6.21. The highest BCUT2D eigenvalue weighted by Crippen LogP contribution is 2.22. The molecule has 0 radical (unpaired) electrons. The summed E-state index contributed by atoms with van der Waals surface area (Å²) in [5.41, 5.74) is -0.510. The van der Waals surface area contributed by atoms with Crippen LogP contribution in [0.1, 0.15) is 33.6 Å². The third-order valence-corrected chi connectivity index (χ3v) is 4.62. The quantitative estimate of drug-likeness (QED) is 0.861. The molecule has 0 bridgehead atoms. The van der Waals surface area contributed by atoms with E-state index in [1.54, 1.807) is 23.2 Å². The van der Waals surface area contributed by atoms with Crippen LogP contribution in [0.5, 0.6) is 0 Å². The number of hydrogen-bond acceptors (Lipinski definition) is 4. The second-order valence-corrected chi connectivity index (χ2v) is 7.59. The Morgan fingerprint density at radius 1 is 1.48 bits per heavy atom. The molecule has 21 heavy (non-hydrogen) atoms. The Labute approximate surface area is 128 Å². The van der Waals surface area contributed by atoms with Gasteiger partial charge in [0.15, 0.2) is 0 Å². The topological polar surface area (TPSA) is 59.5 Å². The molecule has 1 aliphatic rings. The molecule has 6 heteroatoms. The van der Waals surface area contributed by atoms with Gasteiger partial charge in [0.1, 0.15) is 10.6 Å². The Morgan fingerprint density at radius 2 is 2.24 bits per heavy atom. The molecule has 1 amide bonds. The van der Waals surface area contributed by atoms with Crippen LogP contribution in [-0.4, -0.2) is 44.1 Å². The van der Waals surface area contributed by atoms with Gasteiger partial charge in [-0.05, 0) is 45.7 Å². The lowest BCUT2D eigenvalue weighted by atomic mass is 10.2. The van der Waals surface area contributed by atoms with E-state index in [0.29, 0.717) is 17.3 Å². The maximum Gasteiger partial charge on any atom is 0.410 e. The van der Waals surface area contributed by atoms with Crippen molar-refractivity contribution in [1.82, 2.24) is 9.88 Å². The molecule has 1 saturated heterocycles. The highest BCUT2D eigenvalue weighted by molar-refractivity contribution is 7.85. The summed E-state index contributed by atoms with van der Waals surface area (Å²) in [6, 6.07) is 5.33. The molecule has 0 aliphatic carbocycles. The van der Waals surface area contributed by atoms with Crippen molar-refractivity contribution in [3.63, 3.8) is 0 Å². The number of likely N-dealkylation sites (tertiary alicyclic amines) is 1. The van der Waals surface area contributed by atoms with E-state index < -0.39 is 16.4 Å². The molecular weight excluding hydrogens is 288 g/mol. The summed E-state index contributed by atoms with van der Waals surface area (Å²) < 4.78 is 17.7. The van der Waals surface area contributed by atoms with Crippen LogP contribution in [-0.2, 0) is 15.5 Å². The van der Waals surface area contributed by atoms with Gasteiger partial charge in [-0.25, -0.2) is 9.78 Å². The van der Waals surface area contributed by atoms with Crippen molar-refractivity contribution >= 4 is 16.9 Å². The maximum absolute atomic E-state index is 12.3. The van der Waals surface area contributed by atoms with Crippen LogP contribution in [0.3, 0.4) is 0 Å². The van der Waals surface area contributed by atoms with Crippen molar-refractivity contribution in [3.8, 4) is 0 Å². The zero-order valence-electron chi connectivity index (χ0n) is 12.7. The fourth-order valence-corrected chi connectivity index (χ4v) is 3.59. The minimum absolute atomic E-state index is 0.0392. The van der Waals surface area contributed by atoms with Gasteiger partial charge in [0.25, 0.3) is 0 Å². The summed E-state index contributed by atoms with van der Waals surface area (Å²) in [4.78, 5) is 18.0. The number of rotatable bonds is 3. The average molecular weight is 310 g/mol. The van der Waals surface area contributed by atoms with Gasteiger partial charge in [-0.15, -0.1) is 0 Å². The number of carbonyl (C=O) groups is 1. The first kappa shape index (κ1) is 15.9. The van der Waals surface area contributed by atoms with Crippen molar-refractivity contribution in [1.29, 1.82) is 0 Å². The number of pyridine rings is 1. The van der Waals surface area contributed by atoms with E-state index >= 15 is 0 Å². The summed E-state index contributed by atoms with van der Waals surface area (Å²) in [5, 5.41) is 0.563. The monoisotopic (exact) mass is 310 g/mol. The van der Waals surface area contributed by atoms with Crippen molar-refractivity contribution in [2.24, 2.45) is 0 Å². The van der Waals surface area contributed by atoms with Gasteiger partial charge in [-0.2, -0.15) is 0 Å². The van der Waals surface area contributed by atoms with E-state index in [0.717, 1.165) is 12.8 Å². The normalized spacial score (nSPS) is 20.3. The van der Waals surface area contributed by atoms with Gasteiger partial charge in [-0.3, -0.25) is 4.21 Å². The van der Waals surface area contributed by atoms with Crippen molar-refractivity contribution < 1.29 is 13.7 Å². The number of amides is 1. The smallest absolute Gasteiger partial charge is 0.410 e. The van der Waals surface area contributed by atoms with Crippen molar-refractivity contribution in [3.05, 3.63) is 24.4 Å². The predicted molar refractivity (Wildman–Crippen MR) is 81.5 cm³/mol. The first-order valence-corrected chi connectivity index (χ1v) is 8.48. The van der Waals surface area contributed by atoms with Crippen LogP contribution >= 0.6 is 0 Å². The van der Waals surface area contributed by atoms with E-state index in [2.05, 4.69) is 4.98 Å². The predicted octanol–water partition coefficient (Wildman–Crippen LogP) is 2.59. The molecule has 0 spiro atoms. The van der Waals surface area contributed by atoms with Crippen LogP contribution in [0.25, 0.3) is 0 Å². The summed E-state index contributed by atoms with van der Waals surface area (Å²) >= 11 is 0. The Morgan fingerprint density at radius 3 is 2.86 bits per heavy atom.